The second-order valence-electron chi connectivity index (χ2n) is 10.5. The number of unbranched alkanes of at least 4 members (excludes halogenated alkanes) is 1. The Kier molecular flexibility index (Phi) is 12.2. The standard InChI is InChI=1S/C30H39N7O7/c31-12-4-3-7-23(30(43)44)35-28(41)24(13-17-8-10-19(38)11-9-17)37-29(42)25(15-26(33)39)36-27(40)21(32)14-18-16-34-22-6-2-1-5-20(18)22/h1-2,5-6,8-11,16,21,23-25,34,38H,3-4,7,12-15,31-32H2,(H2,33,39)(H,35,41)(H,36,40)(H,37,42)(H,43,44). The molecule has 0 radical (unpaired) electrons. The highest BCUT2D eigenvalue weighted by Crippen LogP contribution is 2.19. The van der Waals surface area contributed by atoms with Crippen LogP contribution in [0, 0.1) is 0 Å². The van der Waals surface area contributed by atoms with E-state index < -0.39 is 60.2 Å². The highest BCUT2D eigenvalue weighted by atomic mass is 16.4. The number of aliphatic carboxylic acids is 1. The number of aromatic nitrogens is 1. The molecule has 14 heteroatoms. The van der Waals surface area contributed by atoms with Gasteiger partial charge in [0.2, 0.25) is 23.6 Å². The molecule has 0 aliphatic rings. The van der Waals surface area contributed by atoms with E-state index in [0.29, 0.717) is 24.9 Å². The van der Waals surface area contributed by atoms with Gasteiger partial charge in [0.05, 0.1) is 12.5 Å². The van der Waals surface area contributed by atoms with Crippen molar-refractivity contribution >= 4 is 40.5 Å². The number of carbonyl (C=O) groups excluding carboxylic acids is 4. The Hall–Kier alpha value is -4.95. The Morgan fingerprint density at radius 1 is 0.818 bits per heavy atom. The van der Waals surface area contributed by atoms with Gasteiger partial charge in [0.15, 0.2) is 0 Å². The Labute approximate surface area is 253 Å². The fourth-order valence-corrected chi connectivity index (χ4v) is 4.69. The van der Waals surface area contributed by atoms with Crippen LogP contribution in [0.15, 0.2) is 54.7 Å². The number of nitrogens with one attached hydrogen (secondary N) is 4. The number of phenolic OH excluding ortho intramolecular Hbond substituents is 1. The third-order valence-electron chi connectivity index (χ3n) is 7.06. The largest absolute Gasteiger partial charge is 0.508 e. The van der Waals surface area contributed by atoms with E-state index >= 15 is 0 Å². The molecule has 12 N–H and O–H groups in total. The smallest absolute Gasteiger partial charge is 0.326 e. The van der Waals surface area contributed by atoms with Gasteiger partial charge in [-0.3, -0.25) is 19.2 Å². The molecule has 0 bridgehead atoms. The molecule has 44 heavy (non-hydrogen) atoms. The Morgan fingerprint density at radius 3 is 2.11 bits per heavy atom. The number of phenols is 1. The number of carbonyl (C=O) groups is 5. The van der Waals surface area contributed by atoms with Crippen LogP contribution in [0.4, 0.5) is 0 Å². The number of fused-ring (bicyclic) bond motifs is 1. The first-order chi connectivity index (χ1) is 21.0. The normalized spacial score (nSPS) is 13.8. The van der Waals surface area contributed by atoms with Crippen LogP contribution in [-0.2, 0) is 36.8 Å². The summed E-state index contributed by atoms with van der Waals surface area (Å²) in [7, 11) is 0. The third kappa shape index (κ3) is 9.81. The van der Waals surface area contributed by atoms with Gasteiger partial charge < -0.3 is 48.3 Å². The number of hydrogen-bond acceptors (Lipinski definition) is 8. The zero-order valence-electron chi connectivity index (χ0n) is 24.1. The number of H-pyrrole nitrogens is 1. The number of carboxylic acids is 1. The van der Waals surface area contributed by atoms with Crippen molar-refractivity contribution in [2.24, 2.45) is 17.2 Å². The summed E-state index contributed by atoms with van der Waals surface area (Å²) in [5, 5.41) is 27.6. The molecule has 1 aromatic heterocycles. The Morgan fingerprint density at radius 2 is 1.45 bits per heavy atom. The second kappa shape index (κ2) is 16.0. The summed E-state index contributed by atoms with van der Waals surface area (Å²) in [4.78, 5) is 66.4. The molecule has 1 heterocycles. The lowest BCUT2D eigenvalue weighted by molar-refractivity contribution is -0.142. The van der Waals surface area contributed by atoms with E-state index in [1.165, 1.54) is 24.3 Å². The van der Waals surface area contributed by atoms with Gasteiger partial charge in [0, 0.05) is 23.5 Å². The van der Waals surface area contributed by atoms with Gasteiger partial charge in [0.1, 0.15) is 23.9 Å². The summed E-state index contributed by atoms with van der Waals surface area (Å²) in [5.41, 5.74) is 19.2. The predicted octanol–water partition coefficient (Wildman–Crippen LogP) is -0.471. The van der Waals surface area contributed by atoms with Crippen molar-refractivity contribution in [3.8, 4) is 5.75 Å². The maximum absolute atomic E-state index is 13.4. The van der Waals surface area contributed by atoms with E-state index in [2.05, 4.69) is 20.9 Å². The van der Waals surface area contributed by atoms with Crippen LogP contribution in [0.5, 0.6) is 5.75 Å². The van der Waals surface area contributed by atoms with Gasteiger partial charge in [-0.05, 0) is 61.6 Å². The van der Waals surface area contributed by atoms with E-state index in [0.717, 1.165) is 16.5 Å². The lowest BCUT2D eigenvalue weighted by Crippen LogP contribution is -2.58. The molecule has 3 rings (SSSR count). The molecule has 4 unspecified atom stereocenters. The van der Waals surface area contributed by atoms with Gasteiger partial charge in [-0.1, -0.05) is 30.3 Å². The lowest BCUT2D eigenvalue weighted by atomic mass is 10.0. The van der Waals surface area contributed by atoms with Crippen LogP contribution in [0.2, 0.25) is 0 Å². The Balaban J connectivity index is 1.76. The number of amides is 4. The van der Waals surface area contributed by atoms with Gasteiger partial charge in [-0.25, -0.2) is 4.79 Å². The van der Waals surface area contributed by atoms with Gasteiger partial charge >= 0.3 is 5.97 Å². The summed E-state index contributed by atoms with van der Waals surface area (Å²) in [6.45, 7) is 0.359. The summed E-state index contributed by atoms with van der Waals surface area (Å²) in [5.74, 6) is -4.58. The molecule has 3 aromatic rings. The first-order valence-electron chi connectivity index (χ1n) is 14.2. The summed E-state index contributed by atoms with van der Waals surface area (Å²) >= 11 is 0. The zero-order valence-corrected chi connectivity index (χ0v) is 24.1. The van der Waals surface area contributed by atoms with Crippen LogP contribution in [0.25, 0.3) is 10.9 Å². The summed E-state index contributed by atoms with van der Waals surface area (Å²) < 4.78 is 0. The monoisotopic (exact) mass is 609 g/mol. The molecule has 236 valence electrons. The summed E-state index contributed by atoms with van der Waals surface area (Å²) in [6, 6.07) is 8.21. The van der Waals surface area contributed by atoms with Crippen molar-refractivity contribution in [2.75, 3.05) is 6.54 Å². The van der Waals surface area contributed by atoms with Crippen molar-refractivity contribution in [1.82, 2.24) is 20.9 Å². The van der Waals surface area contributed by atoms with E-state index in [-0.39, 0.29) is 25.0 Å². The number of carboxylic acid groups (broad SMARTS) is 1. The first-order valence-corrected chi connectivity index (χ1v) is 14.2. The molecule has 0 aliphatic heterocycles. The topological polar surface area (TPSA) is 256 Å². The van der Waals surface area contributed by atoms with Crippen molar-refractivity contribution in [3.63, 3.8) is 0 Å². The summed E-state index contributed by atoms with van der Waals surface area (Å²) in [6.07, 6.45) is 2.32. The van der Waals surface area contributed by atoms with Gasteiger partial charge in [0.25, 0.3) is 0 Å². The van der Waals surface area contributed by atoms with Gasteiger partial charge in [-0.15, -0.1) is 0 Å². The number of nitrogens with two attached hydrogens (primary N) is 3. The molecule has 4 atom stereocenters. The number of aromatic amines is 1. The molecule has 0 aliphatic carbocycles. The molecule has 4 amide bonds. The van der Waals surface area contributed by atoms with Crippen molar-refractivity contribution in [3.05, 3.63) is 65.9 Å². The molecule has 0 saturated carbocycles. The molecular formula is C30H39N7O7. The predicted molar refractivity (Wildman–Crippen MR) is 162 cm³/mol. The SMILES string of the molecule is NCCCCC(NC(=O)C(Cc1ccc(O)cc1)NC(=O)C(CC(N)=O)NC(=O)C(N)Cc1c[nH]c2ccccc12)C(=O)O. The quantitative estimate of drug-likeness (QED) is 0.0895. The fraction of sp³-hybridized carbons (Fsp3) is 0.367. The van der Waals surface area contributed by atoms with E-state index in [4.69, 9.17) is 17.2 Å². The molecule has 0 fully saturated rings. The number of primary amides is 1. The molecule has 0 saturated heterocycles. The highest BCUT2D eigenvalue weighted by Gasteiger charge is 2.31. The number of aromatic hydroxyl groups is 1. The van der Waals surface area contributed by atoms with Crippen LogP contribution in [-0.4, -0.2) is 75.5 Å². The van der Waals surface area contributed by atoms with Crippen LogP contribution in [0.1, 0.15) is 36.8 Å². The number of hydrogen-bond donors (Lipinski definition) is 9. The number of benzene rings is 2. The van der Waals surface area contributed by atoms with Crippen LogP contribution in [0.3, 0.4) is 0 Å². The molecular weight excluding hydrogens is 570 g/mol. The van der Waals surface area contributed by atoms with E-state index in [1.54, 1.807) is 6.20 Å². The van der Waals surface area contributed by atoms with Crippen LogP contribution >= 0.6 is 0 Å². The maximum atomic E-state index is 13.4. The van der Waals surface area contributed by atoms with Gasteiger partial charge in [-0.2, -0.15) is 0 Å². The minimum absolute atomic E-state index is 0.0159. The first kappa shape index (κ1) is 33.6. The maximum Gasteiger partial charge on any atom is 0.326 e. The van der Waals surface area contributed by atoms with E-state index in [9.17, 15) is 34.2 Å². The number of para-hydroxylation sites is 1. The fourth-order valence-electron chi connectivity index (χ4n) is 4.69. The second-order valence-corrected chi connectivity index (χ2v) is 10.5. The molecule has 14 nitrogen and oxygen atoms in total. The van der Waals surface area contributed by atoms with E-state index in [1.807, 2.05) is 24.3 Å². The lowest BCUT2D eigenvalue weighted by Gasteiger charge is -2.25. The van der Waals surface area contributed by atoms with Crippen molar-refractivity contribution in [2.45, 2.75) is 62.7 Å². The Bertz CT molecular complexity index is 1460. The zero-order chi connectivity index (χ0) is 32.2. The van der Waals surface area contributed by atoms with Crippen molar-refractivity contribution in [1.29, 1.82) is 0 Å². The average Bonchev–Trinajstić information content (AvgIpc) is 3.39. The molecule has 2 aromatic carbocycles. The average molecular weight is 610 g/mol. The van der Waals surface area contributed by atoms with Crippen molar-refractivity contribution < 1.29 is 34.2 Å². The van der Waals surface area contributed by atoms with Crippen LogP contribution < -0.4 is 33.2 Å². The minimum Gasteiger partial charge on any atom is -0.508 e. The minimum atomic E-state index is -1.47. The third-order valence-corrected chi connectivity index (χ3v) is 7.06. The molecule has 0 spiro atoms. The number of rotatable bonds is 17. The highest BCUT2D eigenvalue weighted by molar-refractivity contribution is 5.96.